The number of hydrogen-bond acceptors (Lipinski definition) is 4. The lowest BCUT2D eigenvalue weighted by molar-refractivity contribution is -0.0246. The fraction of sp³-hybridized carbons (Fsp3) is 0.500. The molecule has 0 saturated heterocycles. The minimum Gasteiger partial charge on any atom is -0.408 e. The van der Waals surface area contributed by atoms with Gasteiger partial charge in [0, 0.05) is 25.6 Å². The van der Waals surface area contributed by atoms with E-state index in [2.05, 4.69) is 0 Å². The second kappa shape index (κ2) is 5.48. The molecule has 112 valence electrons. The van der Waals surface area contributed by atoms with Gasteiger partial charge in [-0.3, -0.25) is 9.36 Å². The highest BCUT2D eigenvalue weighted by Crippen LogP contribution is 2.33. The molecule has 0 aliphatic heterocycles. The minimum absolute atomic E-state index is 0.100. The van der Waals surface area contributed by atoms with Gasteiger partial charge in [0.2, 0.25) is 0 Å². The summed E-state index contributed by atoms with van der Waals surface area (Å²) in [5.41, 5.74) is 1.78. The Balaban J connectivity index is 1.69. The largest absolute Gasteiger partial charge is 0.419 e. The van der Waals surface area contributed by atoms with E-state index < -0.39 is 5.76 Å². The standard InChI is InChI=1S/C16H19NO4/c1-3-20-12-6-10(7-12)8-14(18)11-4-5-13-15(9-11)21-16(19)17(13)2/h4-5,9-10,12H,3,6-8H2,1-2H3. The highest BCUT2D eigenvalue weighted by molar-refractivity contribution is 5.98. The maximum Gasteiger partial charge on any atom is 0.419 e. The number of aryl methyl sites for hydroxylation is 1. The predicted molar refractivity (Wildman–Crippen MR) is 78.5 cm³/mol. The van der Waals surface area contributed by atoms with E-state index in [9.17, 15) is 9.59 Å². The molecule has 1 aliphatic rings. The average molecular weight is 289 g/mol. The van der Waals surface area contributed by atoms with Crippen molar-refractivity contribution in [2.24, 2.45) is 13.0 Å². The first kappa shape index (κ1) is 14.1. The molecule has 1 fully saturated rings. The Hall–Kier alpha value is -1.88. The number of nitrogens with zero attached hydrogens (tertiary/aromatic N) is 1. The summed E-state index contributed by atoms with van der Waals surface area (Å²) in [6.45, 7) is 2.72. The molecule has 1 heterocycles. The van der Waals surface area contributed by atoms with Crippen LogP contribution in [0, 0.1) is 5.92 Å². The summed E-state index contributed by atoms with van der Waals surface area (Å²) in [5.74, 6) is 0.101. The lowest BCUT2D eigenvalue weighted by Gasteiger charge is -2.34. The normalized spacial score (nSPS) is 21.4. The Kier molecular flexibility index (Phi) is 3.68. The number of fused-ring (bicyclic) bond motifs is 1. The maximum atomic E-state index is 12.3. The third-order valence-electron chi connectivity index (χ3n) is 4.18. The molecule has 1 aliphatic carbocycles. The number of oxazole rings is 1. The van der Waals surface area contributed by atoms with Crippen LogP contribution in [-0.2, 0) is 11.8 Å². The molecule has 0 N–H and O–H groups in total. The molecule has 0 radical (unpaired) electrons. The summed E-state index contributed by atoms with van der Waals surface area (Å²) in [5, 5.41) is 0. The van der Waals surface area contributed by atoms with Crippen LogP contribution >= 0.6 is 0 Å². The fourth-order valence-electron chi connectivity index (χ4n) is 2.90. The lowest BCUT2D eigenvalue weighted by atomic mass is 9.78. The highest BCUT2D eigenvalue weighted by atomic mass is 16.5. The van der Waals surface area contributed by atoms with Crippen molar-refractivity contribution >= 4 is 16.9 Å². The molecule has 0 unspecified atom stereocenters. The van der Waals surface area contributed by atoms with Crippen LogP contribution in [0.3, 0.4) is 0 Å². The van der Waals surface area contributed by atoms with Crippen LogP contribution in [0.15, 0.2) is 27.4 Å². The van der Waals surface area contributed by atoms with Gasteiger partial charge >= 0.3 is 5.76 Å². The van der Waals surface area contributed by atoms with E-state index in [4.69, 9.17) is 9.15 Å². The van der Waals surface area contributed by atoms with Gasteiger partial charge in [-0.05, 0) is 43.9 Å². The number of benzene rings is 1. The van der Waals surface area contributed by atoms with Crippen molar-refractivity contribution in [1.82, 2.24) is 4.57 Å². The molecule has 1 saturated carbocycles. The van der Waals surface area contributed by atoms with E-state index in [-0.39, 0.29) is 5.78 Å². The molecule has 0 amide bonds. The molecule has 21 heavy (non-hydrogen) atoms. The zero-order valence-electron chi connectivity index (χ0n) is 12.3. The van der Waals surface area contributed by atoms with Crippen molar-refractivity contribution in [2.45, 2.75) is 32.3 Å². The van der Waals surface area contributed by atoms with Gasteiger partial charge in [-0.25, -0.2) is 4.79 Å². The molecule has 5 heteroatoms. The van der Waals surface area contributed by atoms with Crippen molar-refractivity contribution in [3.8, 4) is 0 Å². The summed E-state index contributed by atoms with van der Waals surface area (Å²) < 4.78 is 12.1. The van der Waals surface area contributed by atoms with Gasteiger partial charge in [0.1, 0.15) is 0 Å². The van der Waals surface area contributed by atoms with E-state index in [1.54, 1.807) is 25.2 Å². The van der Waals surface area contributed by atoms with Gasteiger partial charge in [-0.15, -0.1) is 0 Å². The molecule has 5 nitrogen and oxygen atoms in total. The first-order chi connectivity index (χ1) is 10.1. The van der Waals surface area contributed by atoms with Crippen LogP contribution in [0.1, 0.15) is 36.5 Å². The van der Waals surface area contributed by atoms with Crippen LogP contribution in [0.5, 0.6) is 0 Å². The smallest absolute Gasteiger partial charge is 0.408 e. The number of rotatable bonds is 5. The van der Waals surface area contributed by atoms with Crippen LogP contribution in [0.4, 0.5) is 0 Å². The van der Waals surface area contributed by atoms with Crippen molar-refractivity contribution in [1.29, 1.82) is 0 Å². The lowest BCUT2D eigenvalue weighted by Crippen LogP contribution is -2.32. The van der Waals surface area contributed by atoms with E-state index >= 15 is 0 Å². The number of ether oxygens (including phenoxy) is 1. The second-order valence-electron chi connectivity index (χ2n) is 5.65. The van der Waals surface area contributed by atoms with E-state index in [1.165, 1.54) is 4.57 Å². The molecule has 0 atom stereocenters. The number of ketones is 1. The second-order valence-corrected chi connectivity index (χ2v) is 5.65. The first-order valence-electron chi connectivity index (χ1n) is 7.33. The molecular formula is C16H19NO4. The Labute approximate surface area is 122 Å². The SMILES string of the molecule is CCOC1CC(CC(=O)c2ccc3c(c2)oc(=O)n3C)C1. The van der Waals surface area contributed by atoms with Crippen molar-refractivity contribution < 1.29 is 13.9 Å². The summed E-state index contributed by atoms with van der Waals surface area (Å²) >= 11 is 0. The van der Waals surface area contributed by atoms with Crippen LogP contribution in [0.25, 0.3) is 11.1 Å². The summed E-state index contributed by atoms with van der Waals surface area (Å²) in [6, 6.07) is 5.19. The Morgan fingerprint density at radius 2 is 2.19 bits per heavy atom. The number of Topliss-reactive ketones (excluding diaryl/α,β-unsaturated/α-hetero) is 1. The van der Waals surface area contributed by atoms with E-state index in [0.29, 0.717) is 35.1 Å². The van der Waals surface area contributed by atoms with E-state index in [0.717, 1.165) is 19.4 Å². The number of carbonyl (C=O) groups is 1. The quantitative estimate of drug-likeness (QED) is 0.793. The number of carbonyl (C=O) groups excluding carboxylic acids is 1. The summed E-state index contributed by atoms with van der Waals surface area (Å²) in [7, 11) is 1.65. The third-order valence-corrected chi connectivity index (χ3v) is 4.18. The van der Waals surface area contributed by atoms with Crippen molar-refractivity contribution in [3.05, 3.63) is 34.3 Å². The molecule has 3 rings (SSSR count). The van der Waals surface area contributed by atoms with Gasteiger partial charge in [0.25, 0.3) is 0 Å². The molecule has 0 spiro atoms. The van der Waals surface area contributed by atoms with Crippen molar-refractivity contribution in [3.63, 3.8) is 0 Å². The van der Waals surface area contributed by atoms with Crippen LogP contribution in [-0.4, -0.2) is 23.1 Å². The summed E-state index contributed by atoms with van der Waals surface area (Å²) in [6.07, 6.45) is 2.78. The first-order valence-corrected chi connectivity index (χ1v) is 7.33. The monoisotopic (exact) mass is 289 g/mol. The summed E-state index contributed by atoms with van der Waals surface area (Å²) in [4.78, 5) is 23.7. The number of hydrogen-bond donors (Lipinski definition) is 0. The van der Waals surface area contributed by atoms with Gasteiger partial charge in [0.05, 0.1) is 11.6 Å². The molecular weight excluding hydrogens is 270 g/mol. The third kappa shape index (κ3) is 2.65. The van der Waals surface area contributed by atoms with Gasteiger partial charge in [0.15, 0.2) is 11.4 Å². The van der Waals surface area contributed by atoms with Crippen LogP contribution in [0.2, 0.25) is 0 Å². The maximum absolute atomic E-state index is 12.3. The Bertz CT molecular complexity index is 721. The zero-order chi connectivity index (χ0) is 15.0. The van der Waals surface area contributed by atoms with Gasteiger partial charge in [-0.1, -0.05) is 0 Å². The Morgan fingerprint density at radius 1 is 1.43 bits per heavy atom. The fourth-order valence-corrected chi connectivity index (χ4v) is 2.90. The molecule has 1 aromatic heterocycles. The molecule has 2 aromatic rings. The molecule has 1 aromatic carbocycles. The topological polar surface area (TPSA) is 61.4 Å². The predicted octanol–water partition coefficient (Wildman–Crippen LogP) is 2.52. The van der Waals surface area contributed by atoms with Crippen molar-refractivity contribution in [2.75, 3.05) is 6.61 Å². The van der Waals surface area contributed by atoms with Gasteiger partial charge in [-0.2, -0.15) is 0 Å². The molecule has 0 bridgehead atoms. The van der Waals surface area contributed by atoms with Gasteiger partial charge < -0.3 is 9.15 Å². The highest BCUT2D eigenvalue weighted by Gasteiger charge is 2.31. The number of aromatic nitrogens is 1. The van der Waals surface area contributed by atoms with E-state index in [1.807, 2.05) is 6.92 Å². The van der Waals surface area contributed by atoms with Crippen LogP contribution < -0.4 is 5.76 Å². The minimum atomic E-state index is -0.409. The Morgan fingerprint density at radius 3 is 2.90 bits per heavy atom. The average Bonchev–Trinajstić information content (AvgIpc) is 2.71. The zero-order valence-corrected chi connectivity index (χ0v) is 12.3.